The van der Waals surface area contributed by atoms with E-state index in [4.69, 9.17) is 17.0 Å². The number of carbonyl (C=O) groups is 1. The van der Waals surface area contributed by atoms with Crippen LogP contribution in [-0.2, 0) is 11.2 Å². The van der Waals surface area contributed by atoms with Gasteiger partial charge in [0.1, 0.15) is 0 Å². The van der Waals surface area contributed by atoms with Crippen LogP contribution in [0.5, 0.6) is 0 Å². The molecular formula is C22H28N2O2S. The standard InChI is InChI=1S/C22H28N2O2S/c1-4-17(14-18-10-7-6-8-11-18)15-23-22(27)24-20-13-9-12-19(16(20)3)21(25)26-5-2/h6-13,17H,4-5,14-15H2,1-3H3,(H2,23,24,27)/t17-/m1/s1. The van der Waals surface area contributed by atoms with Gasteiger partial charge in [-0.25, -0.2) is 4.79 Å². The minimum atomic E-state index is -0.313. The monoisotopic (exact) mass is 384 g/mol. The Kier molecular flexibility index (Phi) is 8.27. The van der Waals surface area contributed by atoms with Crippen molar-refractivity contribution in [3.63, 3.8) is 0 Å². The number of esters is 1. The molecule has 0 saturated carbocycles. The van der Waals surface area contributed by atoms with E-state index in [-0.39, 0.29) is 5.97 Å². The maximum absolute atomic E-state index is 12.0. The number of ether oxygens (including phenoxy) is 1. The molecule has 144 valence electrons. The maximum Gasteiger partial charge on any atom is 0.338 e. The Balaban J connectivity index is 1.93. The molecule has 0 spiro atoms. The third kappa shape index (κ3) is 6.36. The molecule has 2 aromatic rings. The Bertz CT molecular complexity index is 762. The molecule has 0 amide bonds. The van der Waals surface area contributed by atoms with Gasteiger partial charge in [0.05, 0.1) is 12.2 Å². The quantitative estimate of drug-likeness (QED) is 0.509. The first-order valence-corrected chi connectivity index (χ1v) is 9.81. The fraction of sp³-hybridized carbons (Fsp3) is 0.364. The lowest BCUT2D eigenvalue weighted by Gasteiger charge is -2.19. The summed E-state index contributed by atoms with van der Waals surface area (Å²) >= 11 is 5.45. The normalized spacial score (nSPS) is 11.5. The van der Waals surface area contributed by atoms with Gasteiger partial charge in [-0.3, -0.25) is 0 Å². The van der Waals surface area contributed by atoms with Crippen LogP contribution in [0.1, 0.15) is 41.8 Å². The molecule has 2 aromatic carbocycles. The number of anilines is 1. The van der Waals surface area contributed by atoms with E-state index in [1.165, 1.54) is 5.56 Å². The van der Waals surface area contributed by atoms with Crippen LogP contribution in [0, 0.1) is 12.8 Å². The molecule has 27 heavy (non-hydrogen) atoms. The summed E-state index contributed by atoms with van der Waals surface area (Å²) in [6.07, 6.45) is 2.09. The number of hydrogen-bond acceptors (Lipinski definition) is 3. The molecular weight excluding hydrogens is 356 g/mol. The van der Waals surface area contributed by atoms with Crippen molar-refractivity contribution in [2.75, 3.05) is 18.5 Å². The minimum Gasteiger partial charge on any atom is -0.462 e. The second-order valence-corrected chi connectivity index (χ2v) is 6.91. The van der Waals surface area contributed by atoms with Crippen LogP contribution in [0.15, 0.2) is 48.5 Å². The molecule has 1 atom stereocenters. The summed E-state index contributed by atoms with van der Waals surface area (Å²) in [5, 5.41) is 7.07. The number of nitrogens with one attached hydrogen (secondary N) is 2. The van der Waals surface area contributed by atoms with Gasteiger partial charge in [-0.2, -0.15) is 0 Å². The van der Waals surface area contributed by atoms with E-state index in [1.807, 2.05) is 25.1 Å². The van der Waals surface area contributed by atoms with Gasteiger partial charge in [0.15, 0.2) is 5.11 Å². The van der Waals surface area contributed by atoms with Gasteiger partial charge >= 0.3 is 5.97 Å². The zero-order valence-electron chi connectivity index (χ0n) is 16.2. The van der Waals surface area contributed by atoms with Crippen LogP contribution in [0.4, 0.5) is 5.69 Å². The molecule has 0 bridgehead atoms. The Morgan fingerprint density at radius 2 is 1.85 bits per heavy atom. The van der Waals surface area contributed by atoms with Gasteiger partial charge in [0, 0.05) is 12.2 Å². The Morgan fingerprint density at radius 1 is 1.11 bits per heavy atom. The summed E-state index contributed by atoms with van der Waals surface area (Å²) < 4.78 is 5.10. The van der Waals surface area contributed by atoms with Crippen LogP contribution >= 0.6 is 12.2 Å². The lowest BCUT2D eigenvalue weighted by molar-refractivity contribution is 0.0525. The largest absolute Gasteiger partial charge is 0.462 e. The van der Waals surface area contributed by atoms with E-state index in [2.05, 4.69) is 41.8 Å². The van der Waals surface area contributed by atoms with Gasteiger partial charge in [-0.1, -0.05) is 49.7 Å². The molecule has 0 aromatic heterocycles. The maximum atomic E-state index is 12.0. The summed E-state index contributed by atoms with van der Waals surface area (Å²) in [6, 6.07) is 16.0. The lowest BCUT2D eigenvalue weighted by atomic mass is 9.97. The first kappa shape index (κ1) is 20.9. The molecule has 0 aliphatic carbocycles. The van der Waals surface area contributed by atoms with Crippen molar-refractivity contribution in [3.8, 4) is 0 Å². The second kappa shape index (κ2) is 10.7. The molecule has 0 unspecified atom stereocenters. The highest BCUT2D eigenvalue weighted by Gasteiger charge is 2.14. The van der Waals surface area contributed by atoms with Gasteiger partial charge in [-0.15, -0.1) is 0 Å². The Labute approximate surface area is 167 Å². The lowest BCUT2D eigenvalue weighted by Crippen LogP contribution is -2.33. The molecule has 2 N–H and O–H groups in total. The molecule has 0 heterocycles. The van der Waals surface area contributed by atoms with Crippen molar-refractivity contribution in [2.24, 2.45) is 5.92 Å². The van der Waals surface area contributed by atoms with E-state index in [1.54, 1.807) is 13.0 Å². The van der Waals surface area contributed by atoms with Crippen LogP contribution < -0.4 is 10.6 Å². The molecule has 0 aliphatic heterocycles. The second-order valence-electron chi connectivity index (χ2n) is 6.50. The van der Waals surface area contributed by atoms with E-state index in [0.29, 0.717) is 23.2 Å². The van der Waals surface area contributed by atoms with Gasteiger partial charge in [-0.05, 0) is 61.7 Å². The number of carbonyl (C=O) groups excluding carboxylic acids is 1. The van der Waals surface area contributed by atoms with Crippen molar-refractivity contribution in [1.29, 1.82) is 0 Å². The predicted octanol–water partition coefficient (Wildman–Crippen LogP) is 4.73. The SMILES string of the molecule is CCOC(=O)c1cccc(NC(=S)NC[C@H](CC)Cc2ccccc2)c1C. The fourth-order valence-electron chi connectivity index (χ4n) is 2.91. The number of benzene rings is 2. The number of hydrogen-bond donors (Lipinski definition) is 2. The predicted molar refractivity (Wildman–Crippen MR) is 115 cm³/mol. The number of thiocarbonyl (C=S) groups is 1. The molecule has 5 heteroatoms. The Morgan fingerprint density at radius 3 is 2.52 bits per heavy atom. The summed E-state index contributed by atoms with van der Waals surface area (Å²) in [6.45, 7) is 7.04. The zero-order valence-corrected chi connectivity index (χ0v) is 17.1. The van der Waals surface area contributed by atoms with Crippen LogP contribution in [0.3, 0.4) is 0 Å². The third-order valence-corrected chi connectivity index (χ3v) is 4.82. The highest BCUT2D eigenvalue weighted by Crippen LogP contribution is 2.20. The molecule has 0 radical (unpaired) electrons. The molecule has 0 saturated heterocycles. The van der Waals surface area contributed by atoms with Gasteiger partial charge in [0.2, 0.25) is 0 Å². The van der Waals surface area contributed by atoms with E-state index >= 15 is 0 Å². The van der Waals surface area contributed by atoms with Crippen LogP contribution in [0.2, 0.25) is 0 Å². The minimum absolute atomic E-state index is 0.313. The first-order chi connectivity index (χ1) is 13.0. The fourth-order valence-corrected chi connectivity index (χ4v) is 3.11. The highest BCUT2D eigenvalue weighted by atomic mass is 32.1. The average molecular weight is 385 g/mol. The van der Waals surface area contributed by atoms with Crippen molar-refractivity contribution in [2.45, 2.75) is 33.6 Å². The van der Waals surface area contributed by atoms with Crippen molar-refractivity contribution < 1.29 is 9.53 Å². The van der Waals surface area contributed by atoms with Crippen molar-refractivity contribution >= 4 is 29.0 Å². The van der Waals surface area contributed by atoms with Crippen molar-refractivity contribution in [1.82, 2.24) is 5.32 Å². The van der Waals surface area contributed by atoms with Crippen molar-refractivity contribution in [3.05, 3.63) is 65.2 Å². The average Bonchev–Trinajstić information content (AvgIpc) is 2.67. The third-order valence-electron chi connectivity index (χ3n) is 4.57. The number of rotatable bonds is 8. The topological polar surface area (TPSA) is 50.4 Å². The van der Waals surface area contributed by atoms with E-state index in [9.17, 15) is 4.79 Å². The molecule has 0 fully saturated rings. The first-order valence-electron chi connectivity index (χ1n) is 9.40. The Hall–Kier alpha value is -2.40. The van der Waals surface area contributed by atoms with E-state index < -0.39 is 0 Å². The van der Waals surface area contributed by atoms with Gasteiger partial charge < -0.3 is 15.4 Å². The van der Waals surface area contributed by atoms with Gasteiger partial charge in [0.25, 0.3) is 0 Å². The summed E-state index contributed by atoms with van der Waals surface area (Å²) in [4.78, 5) is 12.0. The van der Waals surface area contributed by atoms with Crippen LogP contribution in [-0.4, -0.2) is 24.2 Å². The van der Waals surface area contributed by atoms with Crippen LogP contribution in [0.25, 0.3) is 0 Å². The summed E-state index contributed by atoms with van der Waals surface area (Å²) in [5.41, 5.74) is 3.54. The van der Waals surface area contributed by atoms with E-state index in [0.717, 1.165) is 30.6 Å². The molecule has 0 aliphatic rings. The summed E-state index contributed by atoms with van der Waals surface area (Å²) in [5.74, 6) is 0.186. The smallest absolute Gasteiger partial charge is 0.338 e. The molecule has 2 rings (SSSR count). The highest BCUT2D eigenvalue weighted by molar-refractivity contribution is 7.80. The zero-order chi connectivity index (χ0) is 19.6. The summed E-state index contributed by atoms with van der Waals surface area (Å²) in [7, 11) is 0. The molecule has 4 nitrogen and oxygen atoms in total.